The molecule has 0 aliphatic heterocycles. The van der Waals surface area contributed by atoms with Crippen LogP contribution >= 0.6 is 46.3 Å². The van der Waals surface area contributed by atoms with Gasteiger partial charge in [0.25, 0.3) is 5.69 Å². The topological polar surface area (TPSA) is 70.2 Å². The Morgan fingerprint density at radius 2 is 1.93 bits per heavy atom. The number of fused-ring (bicyclic) bond motifs is 1. The number of nitro benzene ring substituents is 1. The van der Waals surface area contributed by atoms with Crippen molar-refractivity contribution in [1.29, 1.82) is 0 Å². The lowest BCUT2D eigenvalue weighted by molar-refractivity contribution is -0.384. The molecule has 2 aromatic carbocycles. The van der Waals surface area contributed by atoms with Crippen molar-refractivity contribution in [3.05, 3.63) is 80.8 Å². The number of aromatic nitrogens is 2. The Morgan fingerprint density at radius 3 is 2.63 bits per heavy atom. The van der Waals surface area contributed by atoms with E-state index in [-0.39, 0.29) is 11.4 Å². The molecule has 2 aromatic heterocycles. The Kier molecular flexibility index (Phi) is 5.98. The molecule has 0 fully saturated rings. The number of rotatable bonds is 5. The number of nitrogens with zero attached hydrogens (tertiary/aromatic N) is 3. The molecule has 6 nitrogen and oxygen atoms in total. The van der Waals surface area contributed by atoms with Gasteiger partial charge in [0.05, 0.1) is 4.92 Å². The van der Waals surface area contributed by atoms with Gasteiger partial charge in [0.1, 0.15) is 5.75 Å². The van der Waals surface area contributed by atoms with Gasteiger partial charge in [-0.05, 0) is 48.9 Å². The monoisotopic (exact) mass is 599 g/mol. The summed E-state index contributed by atoms with van der Waals surface area (Å²) in [5.74, 6) is -0.212. The summed E-state index contributed by atoms with van der Waals surface area (Å²) >= 11 is 5.38. The van der Waals surface area contributed by atoms with Crippen molar-refractivity contribution in [3.8, 4) is 22.6 Å². The maximum atomic E-state index is 14.4. The Labute approximate surface area is 195 Å². The van der Waals surface area contributed by atoms with E-state index < -0.39 is 10.7 Å². The lowest BCUT2D eigenvalue weighted by atomic mass is 10.0. The van der Waals surface area contributed by atoms with Gasteiger partial charge in [0.15, 0.2) is 17.2 Å². The first-order valence-electron chi connectivity index (χ1n) is 8.57. The van der Waals surface area contributed by atoms with Gasteiger partial charge in [-0.15, -0.1) is 0 Å². The van der Waals surface area contributed by atoms with E-state index in [0.717, 1.165) is 22.3 Å². The number of ether oxygens (including phenoxy) is 1. The van der Waals surface area contributed by atoms with Crippen LogP contribution in [0.5, 0.6) is 11.5 Å². The zero-order chi connectivity index (χ0) is 21.4. The summed E-state index contributed by atoms with van der Waals surface area (Å²) in [5, 5.41) is 12.2. The van der Waals surface area contributed by atoms with Crippen molar-refractivity contribution >= 4 is 63.0 Å². The third kappa shape index (κ3) is 4.03. The van der Waals surface area contributed by atoms with Crippen molar-refractivity contribution in [2.75, 3.05) is 0 Å². The minimum atomic E-state index is -0.544. The van der Waals surface area contributed by atoms with Gasteiger partial charge in [-0.25, -0.2) is 9.37 Å². The molecule has 30 heavy (non-hydrogen) atoms. The van der Waals surface area contributed by atoms with Crippen LogP contribution in [0.25, 0.3) is 22.2 Å². The summed E-state index contributed by atoms with van der Waals surface area (Å²) in [4.78, 5) is 15.5. The number of pyridine rings is 1. The maximum Gasteiger partial charge on any atom is 0.270 e. The number of halogens is 3. The highest BCUT2D eigenvalue weighted by Crippen LogP contribution is 2.41. The van der Waals surface area contributed by atoms with Crippen LogP contribution < -0.4 is 4.74 Å². The SMILES string of the molecule is Cc1cc(-c2cc([N+](=O)[O-])ccc2Oc2ccc(Br)cc2F)c2ccn(SI)c2n1. The quantitative estimate of drug-likeness (QED) is 0.135. The first-order valence-corrected chi connectivity index (χ1v) is 12.7. The Hall–Kier alpha value is -2.18. The summed E-state index contributed by atoms with van der Waals surface area (Å²) in [7, 11) is 1.47. The minimum absolute atomic E-state index is 0.0238. The molecule has 0 unspecified atom stereocenters. The van der Waals surface area contributed by atoms with Crippen molar-refractivity contribution in [2.45, 2.75) is 6.92 Å². The van der Waals surface area contributed by atoms with Gasteiger partial charge in [0.2, 0.25) is 0 Å². The zero-order valence-electron chi connectivity index (χ0n) is 15.3. The van der Waals surface area contributed by atoms with Gasteiger partial charge in [0, 0.05) is 69.8 Å². The van der Waals surface area contributed by atoms with Crippen LogP contribution in [0.2, 0.25) is 0 Å². The van der Waals surface area contributed by atoms with E-state index in [1.165, 1.54) is 39.5 Å². The average molecular weight is 600 g/mol. The Bertz CT molecular complexity index is 1300. The van der Waals surface area contributed by atoms with Crippen LogP contribution in [-0.4, -0.2) is 13.9 Å². The average Bonchev–Trinajstić information content (AvgIpc) is 3.12. The molecular formula is C20H12BrFIN3O3S. The van der Waals surface area contributed by atoms with E-state index in [1.54, 1.807) is 6.07 Å². The third-order valence-corrected chi connectivity index (χ3v) is 6.61. The Balaban J connectivity index is 1.94. The van der Waals surface area contributed by atoms with Gasteiger partial charge < -0.3 is 4.74 Å². The number of aryl methyl sites for hydroxylation is 1. The summed E-state index contributed by atoms with van der Waals surface area (Å²) in [6.45, 7) is 1.85. The number of nitro groups is 1. The van der Waals surface area contributed by atoms with Crippen molar-refractivity contribution < 1.29 is 14.1 Å². The largest absolute Gasteiger partial charge is 0.454 e. The molecule has 0 atom stereocenters. The molecule has 0 aliphatic rings. The molecule has 0 aliphatic carbocycles. The predicted molar refractivity (Wildman–Crippen MR) is 128 cm³/mol. The molecule has 4 rings (SSSR count). The van der Waals surface area contributed by atoms with Crippen LogP contribution in [0, 0.1) is 22.9 Å². The summed E-state index contributed by atoms with van der Waals surface area (Å²) in [6, 6.07) is 12.5. The van der Waals surface area contributed by atoms with Gasteiger partial charge in [-0.1, -0.05) is 15.9 Å². The molecule has 0 saturated carbocycles. The van der Waals surface area contributed by atoms with Crippen molar-refractivity contribution in [2.24, 2.45) is 0 Å². The fourth-order valence-corrected chi connectivity index (χ4v) is 4.70. The van der Waals surface area contributed by atoms with Crippen LogP contribution in [-0.2, 0) is 0 Å². The molecular weight excluding hydrogens is 588 g/mol. The number of hydrogen-bond acceptors (Lipinski definition) is 5. The normalized spacial score (nSPS) is 11.1. The Morgan fingerprint density at radius 1 is 1.17 bits per heavy atom. The van der Waals surface area contributed by atoms with Crippen LogP contribution in [0.4, 0.5) is 10.1 Å². The number of non-ortho nitro benzene ring substituents is 1. The molecule has 4 aromatic rings. The van der Waals surface area contributed by atoms with Crippen molar-refractivity contribution in [1.82, 2.24) is 8.96 Å². The lowest BCUT2D eigenvalue weighted by Crippen LogP contribution is -1.96. The summed E-state index contributed by atoms with van der Waals surface area (Å²) in [5.41, 5.74) is 2.60. The molecule has 0 bridgehead atoms. The molecule has 0 saturated heterocycles. The van der Waals surface area contributed by atoms with E-state index in [0.29, 0.717) is 15.8 Å². The standard InChI is InChI=1S/C20H12BrFIN3O3S/c1-11-8-15(14-6-7-25(30-23)20(14)24-11)16-10-13(26(27)28)3-5-18(16)29-19-4-2-12(21)9-17(19)22/h2-10H,1H3. The fraction of sp³-hybridized carbons (Fsp3) is 0.0500. The molecule has 0 radical (unpaired) electrons. The first kappa shape index (κ1) is 21.1. The maximum absolute atomic E-state index is 14.4. The molecule has 0 spiro atoms. The fourth-order valence-electron chi connectivity index (χ4n) is 3.10. The van der Waals surface area contributed by atoms with Crippen LogP contribution in [0.1, 0.15) is 5.69 Å². The molecule has 0 amide bonds. The zero-order valence-corrected chi connectivity index (χ0v) is 19.9. The highest BCUT2D eigenvalue weighted by atomic mass is 127. The van der Waals surface area contributed by atoms with Crippen molar-refractivity contribution in [3.63, 3.8) is 0 Å². The first-order chi connectivity index (χ1) is 14.4. The van der Waals surface area contributed by atoms with E-state index in [2.05, 4.69) is 42.1 Å². The molecule has 0 N–H and O–H groups in total. The summed E-state index contributed by atoms with van der Waals surface area (Å²) < 4.78 is 22.7. The summed E-state index contributed by atoms with van der Waals surface area (Å²) in [6.07, 6.45) is 1.88. The molecule has 152 valence electrons. The van der Waals surface area contributed by atoms with Gasteiger partial charge in [-0.2, -0.15) is 0 Å². The number of benzene rings is 2. The second-order valence-corrected chi connectivity index (χ2v) is 9.00. The van der Waals surface area contributed by atoms with E-state index in [1.807, 2.05) is 29.2 Å². The highest BCUT2D eigenvalue weighted by molar-refractivity contribution is 14.2. The second-order valence-electron chi connectivity index (χ2n) is 6.37. The van der Waals surface area contributed by atoms with E-state index in [9.17, 15) is 14.5 Å². The highest BCUT2D eigenvalue weighted by Gasteiger charge is 2.19. The van der Waals surface area contributed by atoms with Gasteiger partial charge in [-0.3, -0.25) is 14.1 Å². The predicted octanol–water partition coefficient (Wildman–Crippen LogP) is 7.46. The smallest absolute Gasteiger partial charge is 0.270 e. The number of hydrogen-bond donors (Lipinski definition) is 0. The van der Waals surface area contributed by atoms with E-state index in [4.69, 9.17) is 4.74 Å². The molecule has 10 heteroatoms. The molecule has 2 heterocycles. The minimum Gasteiger partial charge on any atom is -0.454 e. The lowest BCUT2D eigenvalue weighted by Gasteiger charge is -2.14. The third-order valence-electron chi connectivity index (χ3n) is 4.40. The second kappa shape index (κ2) is 8.52. The van der Waals surface area contributed by atoms with Crippen LogP contribution in [0.3, 0.4) is 0 Å². The van der Waals surface area contributed by atoms with Crippen LogP contribution in [0.15, 0.2) is 59.2 Å². The van der Waals surface area contributed by atoms with E-state index >= 15 is 0 Å². The van der Waals surface area contributed by atoms with Gasteiger partial charge >= 0.3 is 0 Å².